The van der Waals surface area contributed by atoms with E-state index in [9.17, 15) is 4.79 Å². The molecule has 104 valence electrons. The normalized spacial score (nSPS) is 13.2. The van der Waals surface area contributed by atoms with Crippen molar-refractivity contribution in [2.24, 2.45) is 0 Å². The van der Waals surface area contributed by atoms with Gasteiger partial charge in [0.2, 0.25) is 0 Å². The molecule has 6 nitrogen and oxygen atoms in total. The van der Waals surface area contributed by atoms with Crippen LogP contribution in [0.5, 0.6) is 11.5 Å². The summed E-state index contributed by atoms with van der Waals surface area (Å²) in [5.74, 6) is 0.462. The first-order chi connectivity index (χ1) is 9.65. The summed E-state index contributed by atoms with van der Waals surface area (Å²) >= 11 is 3.38. The van der Waals surface area contributed by atoms with Crippen LogP contribution in [-0.4, -0.2) is 34.5 Å². The zero-order valence-electron chi connectivity index (χ0n) is 10.4. The smallest absolute Gasteiger partial charge is 0.309 e. The minimum absolute atomic E-state index is 0.113. The van der Waals surface area contributed by atoms with E-state index < -0.39 is 5.97 Å². The average Bonchev–Trinajstić information content (AvgIpc) is 2.79. The Morgan fingerprint density at radius 1 is 1.35 bits per heavy atom. The van der Waals surface area contributed by atoms with Crippen molar-refractivity contribution in [1.82, 2.24) is 10.2 Å². The summed E-state index contributed by atoms with van der Waals surface area (Å²) in [7, 11) is 0. The number of carbonyl (C=O) groups is 1. The van der Waals surface area contributed by atoms with Gasteiger partial charge in [-0.1, -0.05) is 0 Å². The van der Waals surface area contributed by atoms with Crippen molar-refractivity contribution in [1.29, 1.82) is 0 Å². The molecule has 20 heavy (non-hydrogen) atoms. The molecule has 2 N–H and O–H groups in total. The molecule has 2 heterocycles. The van der Waals surface area contributed by atoms with Crippen LogP contribution in [0.2, 0.25) is 0 Å². The standard InChI is InChI=1S/C13H11BrN2O4/c14-12-8(6-11(17)18)15-16-13(12)7-1-2-9-10(5-7)20-4-3-19-9/h1-2,5H,3-4,6H2,(H,15,16)(H,17,18). The van der Waals surface area contributed by atoms with Gasteiger partial charge in [0.05, 0.1) is 16.6 Å². The third-order valence-corrected chi connectivity index (χ3v) is 3.77. The van der Waals surface area contributed by atoms with Gasteiger partial charge in [-0.15, -0.1) is 0 Å². The first-order valence-electron chi connectivity index (χ1n) is 5.99. The van der Waals surface area contributed by atoms with Gasteiger partial charge in [-0.25, -0.2) is 0 Å². The number of rotatable bonds is 3. The summed E-state index contributed by atoms with van der Waals surface area (Å²) in [5.41, 5.74) is 2.01. The highest BCUT2D eigenvalue weighted by Crippen LogP contribution is 2.36. The Labute approximate surface area is 122 Å². The van der Waals surface area contributed by atoms with Crippen LogP contribution >= 0.6 is 15.9 Å². The summed E-state index contributed by atoms with van der Waals surface area (Å²) in [5, 5.41) is 15.7. The molecule has 0 aliphatic carbocycles. The summed E-state index contributed by atoms with van der Waals surface area (Å²) in [6, 6.07) is 5.51. The molecular formula is C13H11BrN2O4. The number of hydrogen-bond donors (Lipinski definition) is 2. The number of H-pyrrole nitrogens is 1. The first kappa shape index (κ1) is 13.0. The molecule has 0 atom stereocenters. The second kappa shape index (κ2) is 5.16. The van der Waals surface area contributed by atoms with E-state index in [0.29, 0.717) is 40.6 Å². The van der Waals surface area contributed by atoms with Crippen LogP contribution < -0.4 is 9.47 Å². The Balaban J connectivity index is 1.97. The number of hydrogen-bond acceptors (Lipinski definition) is 4. The predicted octanol–water partition coefficient (Wildman–Crippen LogP) is 2.24. The van der Waals surface area contributed by atoms with Crippen LogP contribution in [-0.2, 0) is 11.2 Å². The lowest BCUT2D eigenvalue weighted by Gasteiger charge is -2.18. The van der Waals surface area contributed by atoms with Crippen molar-refractivity contribution in [3.8, 4) is 22.8 Å². The monoisotopic (exact) mass is 338 g/mol. The maximum Gasteiger partial charge on any atom is 0.309 e. The molecule has 0 fully saturated rings. The molecule has 0 saturated carbocycles. The molecule has 1 aliphatic rings. The van der Waals surface area contributed by atoms with Gasteiger partial charge in [0.25, 0.3) is 0 Å². The van der Waals surface area contributed by atoms with Crippen molar-refractivity contribution in [2.75, 3.05) is 13.2 Å². The van der Waals surface area contributed by atoms with E-state index in [1.165, 1.54) is 0 Å². The Kier molecular flexibility index (Phi) is 3.35. The lowest BCUT2D eigenvalue weighted by molar-refractivity contribution is -0.136. The van der Waals surface area contributed by atoms with Crippen molar-refractivity contribution >= 4 is 21.9 Å². The fourth-order valence-electron chi connectivity index (χ4n) is 2.01. The molecule has 0 saturated heterocycles. The fraction of sp³-hybridized carbons (Fsp3) is 0.231. The van der Waals surface area contributed by atoms with E-state index in [1.807, 2.05) is 18.2 Å². The quantitative estimate of drug-likeness (QED) is 0.896. The second-order valence-corrected chi connectivity index (χ2v) is 5.09. The number of fused-ring (bicyclic) bond motifs is 1. The average molecular weight is 339 g/mol. The van der Waals surface area contributed by atoms with E-state index in [-0.39, 0.29) is 6.42 Å². The number of carboxylic acid groups (broad SMARTS) is 1. The van der Waals surface area contributed by atoms with Gasteiger partial charge in [0.1, 0.15) is 18.9 Å². The third-order valence-electron chi connectivity index (χ3n) is 2.92. The first-order valence-corrected chi connectivity index (χ1v) is 6.79. The third kappa shape index (κ3) is 2.36. The Morgan fingerprint density at radius 2 is 2.10 bits per heavy atom. The van der Waals surface area contributed by atoms with Crippen molar-refractivity contribution in [2.45, 2.75) is 6.42 Å². The van der Waals surface area contributed by atoms with Crippen LogP contribution in [0, 0.1) is 0 Å². The second-order valence-electron chi connectivity index (χ2n) is 4.29. The van der Waals surface area contributed by atoms with Gasteiger partial charge in [-0.3, -0.25) is 9.89 Å². The molecule has 1 aromatic heterocycles. The van der Waals surface area contributed by atoms with Crippen LogP contribution in [0.25, 0.3) is 11.3 Å². The molecule has 1 aliphatic heterocycles. The fourth-order valence-corrected chi connectivity index (χ4v) is 2.56. The highest BCUT2D eigenvalue weighted by atomic mass is 79.9. The summed E-state index contributed by atoms with van der Waals surface area (Å²) in [4.78, 5) is 10.8. The van der Waals surface area contributed by atoms with Gasteiger partial charge in [0, 0.05) is 5.56 Å². The van der Waals surface area contributed by atoms with Crippen molar-refractivity contribution < 1.29 is 19.4 Å². The number of benzene rings is 1. The number of carboxylic acids is 1. The van der Waals surface area contributed by atoms with E-state index in [0.717, 1.165) is 5.56 Å². The van der Waals surface area contributed by atoms with Gasteiger partial charge in [-0.2, -0.15) is 5.10 Å². The highest BCUT2D eigenvalue weighted by molar-refractivity contribution is 9.10. The van der Waals surface area contributed by atoms with E-state index >= 15 is 0 Å². The van der Waals surface area contributed by atoms with Crippen LogP contribution in [0.4, 0.5) is 0 Å². The summed E-state index contributed by atoms with van der Waals surface area (Å²) in [6.07, 6.45) is -0.113. The molecule has 0 amide bonds. The molecule has 1 aromatic carbocycles. The molecule has 0 spiro atoms. The van der Waals surface area contributed by atoms with Gasteiger partial charge >= 0.3 is 5.97 Å². The molecule has 3 rings (SSSR count). The largest absolute Gasteiger partial charge is 0.486 e. The minimum Gasteiger partial charge on any atom is -0.486 e. The van der Waals surface area contributed by atoms with Crippen LogP contribution in [0.1, 0.15) is 5.69 Å². The molecule has 0 bridgehead atoms. The van der Waals surface area contributed by atoms with Gasteiger partial charge < -0.3 is 14.6 Å². The van der Waals surface area contributed by atoms with Gasteiger partial charge in [0.15, 0.2) is 11.5 Å². The number of halogens is 1. The minimum atomic E-state index is -0.914. The zero-order valence-corrected chi connectivity index (χ0v) is 11.9. The predicted molar refractivity (Wildman–Crippen MR) is 74.1 cm³/mol. The highest BCUT2D eigenvalue weighted by Gasteiger charge is 2.18. The van der Waals surface area contributed by atoms with Crippen LogP contribution in [0.15, 0.2) is 22.7 Å². The lowest BCUT2D eigenvalue weighted by Crippen LogP contribution is -2.15. The van der Waals surface area contributed by atoms with E-state index in [2.05, 4.69) is 26.1 Å². The van der Waals surface area contributed by atoms with E-state index in [1.54, 1.807) is 0 Å². The number of nitrogens with zero attached hydrogens (tertiary/aromatic N) is 1. The maximum absolute atomic E-state index is 10.8. The summed E-state index contributed by atoms with van der Waals surface area (Å²) < 4.78 is 11.6. The van der Waals surface area contributed by atoms with Crippen molar-refractivity contribution in [3.05, 3.63) is 28.4 Å². The van der Waals surface area contributed by atoms with E-state index in [4.69, 9.17) is 14.6 Å². The number of aromatic amines is 1. The molecule has 0 radical (unpaired) electrons. The van der Waals surface area contributed by atoms with Crippen LogP contribution in [0.3, 0.4) is 0 Å². The molecule has 7 heteroatoms. The molecule has 0 unspecified atom stereocenters. The number of ether oxygens (including phenoxy) is 2. The number of aliphatic carboxylic acids is 1. The Hall–Kier alpha value is -2.02. The summed E-state index contributed by atoms with van der Waals surface area (Å²) in [6.45, 7) is 1.06. The Bertz CT molecular complexity index is 668. The molecular weight excluding hydrogens is 328 g/mol. The molecule has 2 aromatic rings. The topological polar surface area (TPSA) is 84.4 Å². The zero-order chi connectivity index (χ0) is 14.1. The van der Waals surface area contributed by atoms with Gasteiger partial charge in [-0.05, 0) is 34.1 Å². The number of aromatic nitrogens is 2. The maximum atomic E-state index is 10.8. The Morgan fingerprint density at radius 3 is 2.85 bits per heavy atom. The van der Waals surface area contributed by atoms with Crippen molar-refractivity contribution in [3.63, 3.8) is 0 Å². The lowest BCUT2D eigenvalue weighted by atomic mass is 10.1. The SMILES string of the molecule is O=C(O)Cc1[nH]nc(-c2ccc3c(c2)OCCO3)c1Br. The number of nitrogens with one attached hydrogen (secondary N) is 1.